The Kier molecular flexibility index (Phi) is 7.82. The van der Waals surface area contributed by atoms with Crippen molar-refractivity contribution in [1.82, 2.24) is 28.9 Å². The second kappa shape index (κ2) is 11.6. The van der Waals surface area contributed by atoms with E-state index in [1.54, 1.807) is 23.0 Å². The van der Waals surface area contributed by atoms with Gasteiger partial charge in [0.2, 0.25) is 5.95 Å². The third-order valence-corrected chi connectivity index (χ3v) is 7.98. The second-order valence-corrected chi connectivity index (χ2v) is 11.3. The number of aromatic amines is 1. The average molecular weight is 648 g/mol. The minimum absolute atomic E-state index is 0.0254. The summed E-state index contributed by atoms with van der Waals surface area (Å²) in [5, 5.41) is 18.6. The van der Waals surface area contributed by atoms with E-state index in [0.717, 1.165) is 17.4 Å². The number of hydrogen-bond donors (Lipinski definition) is 3. The monoisotopic (exact) mass is 647 g/mol. The van der Waals surface area contributed by atoms with Crippen molar-refractivity contribution in [3.8, 4) is 0 Å². The van der Waals surface area contributed by atoms with Crippen LogP contribution in [-0.2, 0) is 13.1 Å². The van der Waals surface area contributed by atoms with Crippen molar-refractivity contribution >= 4 is 45.7 Å². The molecule has 1 fully saturated rings. The van der Waals surface area contributed by atoms with Gasteiger partial charge in [-0.3, -0.25) is 14.0 Å². The fourth-order valence-corrected chi connectivity index (χ4v) is 5.65. The van der Waals surface area contributed by atoms with E-state index in [2.05, 4.69) is 20.4 Å². The lowest BCUT2D eigenvalue weighted by molar-refractivity contribution is 0.130. The van der Waals surface area contributed by atoms with Crippen molar-refractivity contribution in [3.05, 3.63) is 113 Å². The molecule has 44 heavy (non-hydrogen) atoms. The Bertz CT molecular complexity index is 2090. The van der Waals surface area contributed by atoms with Gasteiger partial charge in [0.25, 0.3) is 5.56 Å². The van der Waals surface area contributed by atoms with Gasteiger partial charge >= 0.3 is 11.4 Å². The first-order valence-electron chi connectivity index (χ1n) is 13.3. The predicted octanol–water partition coefficient (Wildman–Crippen LogP) is 4.09. The zero-order valence-corrected chi connectivity index (χ0v) is 24.0. The van der Waals surface area contributed by atoms with Crippen LogP contribution in [0.2, 0.25) is 10.0 Å². The predicted molar refractivity (Wildman–Crippen MR) is 156 cm³/mol. The van der Waals surface area contributed by atoms with E-state index in [1.165, 1.54) is 12.3 Å². The summed E-state index contributed by atoms with van der Waals surface area (Å²) in [7, 11) is 0. The van der Waals surface area contributed by atoms with Crippen LogP contribution in [0.4, 0.5) is 24.8 Å². The molecular formula is C28H22Cl2F3N7O4. The number of aliphatic hydroxyl groups is 1. The first kappa shape index (κ1) is 29.7. The fourth-order valence-electron chi connectivity index (χ4n) is 5.25. The van der Waals surface area contributed by atoms with Crippen molar-refractivity contribution in [2.75, 3.05) is 5.32 Å². The zero-order chi connectivity index (χ0) is 31.3. The second-order valence-electron chi connectivity index (χ2n) is 10.4. The maximum Gasteiger partial charge on any atom is 0.355 e. The van der Waals surface area contributed by atoms with Gasteiger partial charge in [-0.05, 0) is 55.2 Å². The molecule has 5 aromatic rings. The molecule has 11 nitrogen and oxygen atoms in total. The third kappa shape index (κ3) is 5.63. The third-order valence-electron chi connectivity index (χ3n) is 7.45. The van der Waals surface area contributed by atoms with Crippen LogP contribution in [0, 0.1) is 17.5 Å². The summed E-state index contributed by atoms with van der Waals surface area (Å²) in [4.78, 5) is 45.5. The molecule has 3 heterocycles. The van der Waals surface area contributed by atoms with Crippen LogP contribution in [0.5, 0.6) is 0 Å². The Morgan fingerprint density at radius 1 is 1.00 bits per heavy atom. The molecule has 16 heteroatoms. The van der Waals surface area contributed by atoms with Gasteiger partial charge in [0.15, 0.2) is 17.5 Å². The molecule has 0 unspecified atom stereocenters. The first-order valence-corrected chi connectivity index (χ1v) is 14.1. The molecule has 0 amide bonds. The van der Waals surface area contributed by atoms with E-state index < -0.39 is 53.6 Å². The highest BCUT2D eigenvalue weighted by atomic mass is 35.5. The fraction of sp³-hybridized carbons (Fsp3) is 0.250. The number of fused-ring (bicyclic) bond motifs is 1. The lowest BCUT2D eigenvalue weighted by atomic mass is 10.2. The van der Waals surface area contributed by atoms with Gasteiger partial charge in [0.1, 0.15) is 0 Å². The van der Waals surface area contributed by atoms with E-state index in [0.29, 0.717) is 34.0 Å². The summed E-state index contributed by atoms with van der Waals surface area (Å²) >= 11 is 12.5. The summed E-state index contributed by atoms with van der Waals surface area (Å²) in [6.07, 6.45) is 4.71. The highest BCUT2D eigenvalue weighted by molar-refractivity contribution is 6.34. The van der Waals surface area contributed by atoms with Gasteiger partial charge in [0, 0.05) is 23.3 Å². The smallest absolute Gasteiger partial charge is 0.355 e. The molecular weight excluding hydrogens is 626 g/mol. The van der Waals surface area contributed by atoms with Crippen molar-refractivity contribution in [1.29, 1.82) is 0 Å². The average Bonchev–Trinajstić information content (AvgIpc) is 3.58. The molecule has 3 N–H and O–H groups in total. The number of H-pyrrole nitrogens is 1. The number of halogens is 5. The molecule has 228 valence electrons. The molecule has 0 aliphatic heterocycles. The highest BCUT2D eigenvalue weighted by Crippen LogP contribution is 2.34. The summed E-state index contributed by atoms with van der Waals surface area (Å²) in [6.45, 7) is -1.07. The molecule has 2 aromatic carbocycles. The Morgan fingerprint density at radius 2 is 1.75 bits per heavy atom. The maximum absolute atomic E-state index is 14.1. The molecule has 1 aliphatic carbocycles. The lowest BCUT2D eigenvalue weighted by Crippen LogP contribution is -2.43. The molecule has 1 aliphatic rings. The van der Waals surface area contributed by atoms with Crippen molar-refractivity contribution in [2.24, 2.45) is 0 Å². The number of benzene rings is 2. The van der Waals surface area contributed by atoms with Gasteiger partial charge in [-0.2, -0.15) is 10.1 Å². The number of nitrogens with zero attached hydrogens (tertiary/aromatic N) is 5. The lowest BCUT2D eigenvalue weighted by Gasteiger charge is -2.16. The Balaban J connectivity index is 1.44. The van der Waals surface area contributed by atoms with Crippen LogP contribution < -0.4 is 22.3 Å². The number of aromatic nitrogens is 6. The molecule has 0 radical (unpaired) electrons. The Hall–Kier alpha value is -4.40. The number of hydrogen-bond acceptors (Lipinski definition) is 7. The van der Waals surface area contributed by atoms with E-state index in [4.69, 9.17) is 23.2 Å². The Labute approximate surface area is 255 Å². The normalized spacial score (nSPS) is 16.6. The summed E-state index contributed by atoms with van der Waals surface area (Å²) in [6, 6.07) is 5.64. The number of aliphatic hydroxyl groups excluding tert-OH is 1. The SMILES string of the molecule is O=c1[nH]cc(Cl)cc1Cn1c(=O)nc(Nc2cc3cn([C@H]4CCC[C@@H]4O)nc3cc2Cl)n(Cc2cc(F)c(F)c(F)c2)c1=O. The minimum atomic E-state index is -1.69. The van der Waals surface area contributed by atoms with E-state index >= 15 is 0 Å². The van der Waals surface area contributed by atoms with Crippen molar-refractivity contribution in [3.63, 3.8) is 0 Å². The van der Waals surface area contributed by atoms with E-state index in [1.807, 2.05) is 0 Å². The van der Waals surface area contributed by atoms with E-state index in [-0.39, 0.29) is 38.8 Å². The standard InChI is InChI=1S/C28H22Cl2F3N7O4/c29-16-6-15(25(42)34-9-16)11-39-27(43)36-26(38(28(39)44)10-13-4-18(31)24(33)19(32)5-13)35-21-7-14-12-40(22-2-1-3-23(22)41)37-20(14)8-17(21)30/h4-9,12,22-23,41H,1-3,10-11H2,(H,34,42)(H,35,36,43)/t22-,23-/m0/s1. The summed E-state index contributed by atoms with van der Waals surface area (Å²) in [5.41, 5.74) is -2.10. The molecule has 6 rings (SSSR count). The summed E-state index contributed by atoms with van der Waals surface area (Å²) in [5.74, 6) is -4.99. The summed E-state index contributed by atoms with van der Waals surface area (Å²) < 4.78 is 45.0. The van der Waals surface area contributed by atoms with Crippen LogP contribution >= 0.6 is 23.2 Å². The van der Waals surface area contributed by atoms with Crippen molar-refractivity contribution in [2.45, 2.75) is 44.5 Å². The topological polar surface area (TPSA) is 140 Å². The largest absolute Gasteiger partial charge is 0.391 e. The van der Waals surface area contributed by atoms with Gasteiger partial charge < -0.3 is 15.4 Å². The van der Waals surface area contributed by atoms with Crippen molar-refractivity contribution < 1.29 is 18.3 Å². The van der Waals surface area contributed by atoms with Gasteiger partial charge in [0.05, 0.1) is 46.5 Å². The minimum Gasteiger partial charge on any atom is -0.391 e. The zero-order valence-electron chi connectivity index (χ0n) is 22.5. The van der Waals surface area contributed by atoms with E-state index in [9.17, 15) is 32.7 Å². The molecule has 2 atom stereocenters. The molecule has 1 saturated carbocycles. The molecule has 0 spiro atoms. The first-order chi connectivity index (χ1) is 21.0. The van der Waals surface area contributed by atoms with Gasteiger partial charge in [-0.1, -0.05) is 23.2 Å². The van der Waals surface area contributed by atoms with Crippen LogP contribution in [0.1, 0.15) is 36.4 Å². The number of nitrogens with one attached hydrogen (secondary N) is 2. The maximum atomic E-state index is 14.1. The molecule has 3 aromatic heterocycles. The van der Waals surface area contributed by atoms with Crippen LogP contribution in [0.25, 0.3) is 10.9 Å². The van der Waals surface area contributed by atoms with Crippen LogP contribution in [0.15, 0.2) is 57.1 Å². The number of pyridine rings is 1. The van der Waals surface area contributed by atoms with Crippen LogP contribution in [-0.4, -0.2) is 40.1 Å². The highest BCUT2D eigenvalue weighted by Gasteiger charge is 2.28. The quantitative estimate of drug-likeness (QED) is 0.226. The van der Waals surface area contributed by atoms with Gasteiger partial charge in [-0.25, -0.2) is 27.3 Å². The van der Waals surface area contributed by atoms with Gasteiger partial charge in [-0.15, -0.1) is 0 Å². The molecule has 0 bridgehead atoms. The Morgan fingerprint density at radius 3 is 2.45 bits per heavy atom. The van der Waals surface area contributed by atoms with Crippen LogP contribution in [0.3, 0.4) is 0 Å². The molecule has 0 saturated heterocycles. The number of rotatable bonds is 7. The number of anilines is 2.